The zero-order valence-corrected chi connectivity index (χ0v) is 37.5. The number of piperidine rings is 1. The Balaban J connectivity index is 0.000000142. The predicted molar refractivity (Wildman–Crippen MR) is 253 cm³/mol. The molecule has 10 aromatic rings. The van der Waals surface area contributed by atoms with E-state index in [9.17, 15) is 8.78 Å². The van der Waals surface area contributed by atoms with E-state index < -0.39 is 5.92 Å². The number of imidazole rings is 2. The van der Waals surface area contributed by atoms with Crippen LogP contribution >= 0.6 is 0 Å². The Morgan fingerprint density at radius 1 is 0.597 bits per heavy atom. The van der Waals surface area contributed by atoms with Gasteiger partial charge in [-0.15, -0.1) is 0 Å². The van der Waals surface area contributed by atoms with Gasteiger partial charge in [-0.05, 0) is 44.2 Å². The van der Waals surface area contributed by atoms with E-state index in [1.807, 2.05) is 62.7 Å². The van der Waals surface area contributed by atoms with Gasteiger partial charge in [-0.25, -0.2) is 38.7 Å². The molecule has 2 saturated heterocycles. The summed E-state index contributed by atoms with van der Waals surface area (Å²) in [6.45, 7) is 8.62. The number of halogens is 2. The van der Waals surface area contributed by atoms with Crippen LogP contribution in [0.4, 0.5) is 20.2 Å². The Hall–Kier alpha value is -7.68. The summed E-state index contributed by atoms with van der Waals surface area (Å²) in [5, 5.41) is 25.3. The number of alkyl halides is 2. The molecule has 4 N–H and O–H groups in total. The number of fused-ring (bicyclic) bond motifs is 4. The second-order valence-electron chi connectivity index (χ2n) is 17.1. The minimum atomic E-state index is -2.60. The van der Waals surface area contributed by atoms with Crippen LogP contribution in [0.25, 0.3) is 89.7 Å². The molecule has 12 heterocycles. The van der Waals surface area contributed by atoms with Crippen molar-refractivity contribution in [3.8, 4) is 45.3 Å². The van der Waals surface area contributed by atoms with Gasteiger partial charge in [0.15, 0.2) is 34.2 Å². The third-order valence-corrected chi connectivity index (χ3v) is 12.6. The lowest BCUT2D eigenvalue weighted by Gasteiger charge is -2.34. The fraction of sp³-hybridized carbons (Fsp3) is 0.348. The van der Waals surface area contributed by atoms with Crippen LogP contribution in [-0.2, 0) is 7.05 Å². The normalized spacial score (nSPS) is 16.4. The average Bonchev–Trinajstić information content (AvgIpc) is 4.01. The van der Waals surface area contributed by atoms with Crippen molar-refractivity contribution in [2.75, 3.05) is 56.1 Å². The van der Waals surface area contributed by atoms with Crippen molar-refractivity contribution in [1.82, 2.24) is 84.7 Å². The maximum absolute atomic E-state index is 13.6. The molecule has 0 spiro atoms. The molecule has 342 valence electrons. The van der Waals surface area contributed by atoms with Crippen molar-refractivity contribution < 1.29 is 8.78 Å². The van der Waals surface area contributed by atoms with E-state index >= 15 is 0 Å². The lowest BCUT2D eigenvalue weighted by atomic mass is 10.1. The quantitative estimate of drug-likeness (QED) is 0.123. The monoisotopic (exact) mass is 905 g/mol. The van der Waals surface area contributed by atoms with Crippen LogP contribution in [-0.4, -0.2) is 137 Å². The highest BCUT2D eigenvalue weighted by atomic mass is 19.3. The number of likely N-dealkylation sites (N-methyl/N-ethyl adjacent to an activating group) is 1. The van der Waals surface area contributed by atoms with Crippen LogP contribution in [0.2, 0.25) is 0 Å². The van der Waals surface area contributed by atoms with E-state index in [0.29, 0.717) is 51.5 Å². The maximum atomic E-state index is 13.6. The number of hydrogen-bond acceptors (Lipinski definition) is 13. The second kappa shape index (κ2) is 17.0. The van der Waals surface area contributed by atoms with Gasteiger partial charge >= 0.3 is 0 Å². The summed E-state index contributed by atoms with van der Waals surface area (Å²) in [4.78, 5) is 40.9. The Bertz CT molecular complexity index is 3350. The lowest BCUT2D eigenvalue weighted by Crippen LogP contribution is -2.44. The Labute approximate surface area is 382 Å². The van der Waals surface area contributed by atoms with Crippen LogP contribution in [0.1, 0.15) is 45.6 Å². The average molecular weight is 906 g/mol. The fourth-order valence-corrected chi connectivity index (χ4v) is 8.75. The highest BCUT2D eigenvalue weighted by molar-refractivity contribution is 5.96. The smallest absolute Gasteiger partial charge is 0.251 e. The minimum absolute atomic E-state index is 0.161. The molecule has 13 rings (SSSR count). The molecule has 10 aromatic heterocycles. The number of nitrogens with one attached hydrogen (secondary N) is 4. The predicted octanol–water partition coefficient (Wildman–Crippen LogP) is 7.40. The summed E-state index contributed by atoms with van der Waals surface area (Å²) in [7, 11) is 4.03. The van der Waals surface area contributed by atoms with Crippen molar-refractivity contribution in [2.45, 2.75) is 51.5 Å². The summed E-state index contributed by atoms with van der Waals surface area (Å²) in [6.07, 6.45) is 16.9. The van der Waals surface area contributed by atoms with E-state index in [1.165, 1.54) is 12.8 Å². The molecular formula is C46H49F2N19. The number of aromatic nitrogens is 16. The van der Waals surface area contributed by atoms with Crippen LogP contribution in [0.3, 0.4) is 0 Å². The van der Waals surface area contributed by atoms with Gasteiger partial charge in [0.1, 0.15) is 22.4 Å². The molecule has 21 heteroatoms. The topological polar surface area (TPSA) is 212 Å². The van der Waals surface area contributed by atoms with Gasteiger partial charge < -0.3 is 24.7 Å². The number of aryl methyl sites for hydroxylation is 1. The highest BCUT2D eigenvalue weighted by Crippen LogP contribution is 2.37. The summed E-state index contributed by atoms with van der Waals surface area (Å²) < 4.78 is 31.0. The van der Waals surface area contributed by atoms with Crippen LogP contribution < -0.4 is 9.80 Å². The van der Waals surface area contributed by atoms with E-state index in [-0.39, 0.29) is 25.9 Å². The number of hydrogen-bond donors (Lipinski definition) is 4. The largest absolute Gasteiger partial charge is 0.369 e. The molecule has 0 bridgehead atoms. The SMILES string of the molecule is CC.CN1CCN(c2ccnc3nc(-c4[nH]nc5ncc(-c6cnn(C7CC7)c6)cc45)[nH]c23)CC1.Cn1cc(-c2cnc3n[nH]c(-c4nc5nccc(N6CCC(F)(F)CC6)c5[nH]4)c3c2)cn1. The first-order valence-corrected chi connectivity index (χ1v) is 22.7. The molecule has 0 unspecified atom stereocenters. The molecule has 19 nitrogen and oxygen atoms in total. The summed E-state index contributed by atoms with van der Waals surface area (Å²) in [6, 6.07) is 8.56. The number of pyridine rings is 4. The molecule has 67 heavy (non-hydrogen) atoms. The number of rotatable bonds is 7. The maximum Gasteiger partial charge on any atom is 0.251 e. The van der Waals surface area contributed by atoms with Gasteiger partial charge in [-0.3, -0.25) is 19.6 Å². The van der Waals surface area contributed by atoms with Crippen molar-refractivity contribution in [2.24, 2.45) is 7.05 Å². The minimum Gasteiger partial charge on any atom is -0.369 e. The van der Waals surface area contributed by atoms with Gasteiger partial charge in [0.2, 0.25) is 0 Å². The molecule has 3 aliphatic rings. The van der Waals surface area contributed by atoms with Gasteiger partial charge in [-0.2, -0.15) is 20.4 Å². The molecule has 1 aliphatic carbocycles. The summed E-state index contributed by atoms with van der Waals surface area (Å²) in [5.41, 5.74) is 11.5. The van der Waals surface area contributed by atoms with Crippen LogP contribution in [0, 0.1) is 0 Å². The van der Waals surface area contributed by atoms with Gasteiger partial charge in [0, 0.05) is 119 Å². The van der Waals surface area contributed by atoms with E-state index in [1.54, 1.807) is 23.3 Å². The molecule has 0 atom stereocenters. The van der Waals surface area contributed by atoms with Crippen molar-refractivity contribution in [3.63, 3.8) is 0 Å². The Kier molecular flexibility index (Phi) is 10.6. The van der Waals surface area contributed by atoms with Crippen LogP contribution in [0.15, 0.2) is 73.8 Å². The number of piperazine rings is 1. The molecule has 1 saturated carbocycles. The zero-order chi connectivity index (χ0) is 45.8. The molecule has 0 aromatic carbocycles. The molecule has 3 fully saturated rings. The Morgan fingerprint density at radius 2 is 1.12 bits per heavy atom. The molecule has 0 amide bonds. The number of anilines is 2. The highest BCUT2D eigenvalue weighted by Gasteiger charge is 2.35. The van der Waals surface area contributed by atoms with Gasteiger partial charge in [0.25, 0.3) is 5.92 Å². The molecule has 2 aliphatic heterocycles. The third-order valence-electron chi connectivity index (χ3n) is 12.6. The second-order valence-corrected chi connectivity index (χ2v) is 17.1. The van der Waals surface area contributed by atoms with Crippen LogP contribution in [0.5, 0.6) is 0 Å². The van der Waals surface area contributed by atoms with E-state index in [4.69, 9.17) is 4.98 Å². The molecule has 0 radical (unpaired) electrons. The van der Waals surface area contributed by atoms with E-state index in [0.717, 1.165) is 81.8 Å². The van der Waals surface area contributed by atoms with Crippen molar-refractivity contribution >= 4 is 55.8 Å². The number of nitrogens with zero attached hydrogens (tertiary/aromatic N) is 15. The number of H-pyrrole nitrogens is 4. The third kappa shape index (κ3) is 8.08. The van der Waals surface area contributed by atoms with Crippen molar-refractivity contribution in [3.05, 3.63) is 73.8 Å². The van der Waals surface area contributed by atoms with E-state index in [2.05, 4.69) is 105 Å². The Morgan fingerprint density at radius 3 is 1.64 bits per heavy atom. The fourth-order valence-electron chi connectivity index (χ4n) is 8.75. The number of aromatic amines is 4. The summed E-state index contributed by atoms with van der Waals surface area (Å²) in [5.74, 6) is -1.32. The van der Waals surface area contributed by atoms with Gasteiger partial charge in [-0.1, -0.05) is 13.8 Å². The molecular weight excluding hydrogens is 857 g/mol. The standard InChI is InChI=1S/C23H24N10.C21H19F2N9.C2H6/c1-31-6-8-32(9-7-31)18-4-5-24-22-20(18)27-23(28-22)19-17-10-14(11-25-21(17)30-29-19)15-12-26-33(13-15)16-2-3-16;1-31-11-13(10-26-31)12-8-14-16(29-30-18(14)25-9-12)20-27-17-15(2-5-24-19(17)28-20)32-6-3-21(22,23)4-7-32;1-2/h4-5,10-13,16H,2-3,6-9H2,1H3,(H,24,27,28)(H,25,29,30);2,5,8-11H,3-4,6-7H2,1H3,(H,24,27,28)(H,25,29,30);1-2H3. The van der Waals surface area contributed by atoms with Gasteiger partial charge in [0.05, 0.1) is 40.6 Å². The first kappa shape index (κ1) is 42.0. The summed E-state index contributed by atoms with van der Waals surface area (Å²) >= 11 is 0. The zero-order valence-electron chi connectivity index (χ0n) is 37.5. The first-order valence-electron chi connectivity index (χ1n) is 22.7. The van der Waals surface area contributed by atoms with Crippen molar-refractivity contribution in [1.29, 1.82) is 0 Å². The lowest BCUT2D eigenvalue weighted by molar-refractivity contribution is -0.0220. The first-order chi connectivity index (χ1) is 32.7.